The molecule has 0 bridgehead atoms. The summed E-state index contributed by atoms with van der Waals surface area (Å²) < 4.78 is 8.19. The predicted molar refractivity (Wildman–Crippen MR) is 104 cm³/mol. The van der Waals surface area contributed by atoms with E-state index in [1.165, 1.54) is 17.7 Å². The van der Waals surface area contributed by atoms with Crippen LogP contribution in [0.4, 0.5) is 5.69 Å². The number of nitrogens with zero attached hydrogens (tertiary/aromatic N) is 4. The summed E-state index contributed by atoms with van der Waals surface area (Å²) in [5, 5.41) is 11.3. The minimum Gasteiger partial charge on any atom is -0.383 e. The van der Waals surface area contributed by atoms with E-state index in [2.05, 4.69) is 9.97 Å². The van der Waals surface area contributed by atoms with Gasteiger partial charge in [-0.3, -0.25) is 24.5 Å². The Morgan fingerprint density at radius 2 is 2.00 bits per heavy atom. The number of benzene rings is 1. The van der Waals surface area contributed by atoms with Crippen LogP contribution in [0.5, 0.6) is 0 Å². The minimum absolute atomic E-state index is 0.0392. The van der Waals surface area contributed by atoms with Gasteiger partial charge in [0.05, 0.1) is 11.5 Å². The van der Waals surface area contributed by atoms with Crippen LogP contribution in [0, 0.1) is 17.0 Å². The maximum atomic E-state index is 12.5. The number of H-pyrrole nitrogens is 1. The first-order valence-electron chi connectivity index (χ1n) is 8.86. The molecular formula is C18H21N5O5. The molecule has 28 heavy (non-hydrogen) atoms. The normalized spacial score (nSPS) is 11.2. The largest absolute Gasteiger partial charge is 0.383 e. The van der Waals surface area contributed by atoms with Gasteiger partial charge in [0, 0.05) is 37.4 Å². The molecular weight excluding hydrogens is 366 g/mol. The van der Waals surface area contributed by atoms with Gasteiger partial charge in [0.15, 0.2) is 11.2 Å². The van der Waals surface area contributed by atoms with Crippen molar-refractivity contribution in [3.8, 4) is 11.4 Å². The molecule has 2 aromatic heterocycles. The van der Waals surface area contributed by atoms with E-state index in [0.29, 0.717) is 43.1 Å². The quantitative estimate of drug-likeness (QED) is 0.487. The third kappa shape index (κ3) is 3.33. The molecule has 0 amide bonds. The van der Waals surface area contributed by atoms with Gasteiger partial charge in [0.25, 0.3) is 11.2 Å². The Bertz CT molecular complexity index is 1160. The molecule has 0 aliphatic rings. The molecule has 3 rings (SSSR count). The number of methoxy groups -OCH3 is 1. The summed E-state index contributed by atoms with van der Waals surface area (Å²) in [6.07, 6.45) is 0.678. The van der Waals surface area contributed by atoms with Crippen molar-refractivity contribution in [3.63, 3.8) is 0 Å². The van der Waals surface area contributed by atoms with Crippen LogP contribution < -0.4 is 11.2 Å². The summed E-state index contributed by atoms with van der Waals surface area (Å²) in [5.41, 5.74) is 0.380. The van der Waals surface area contributed by atoms with Crippen molar-refractivity contribution in [2.75, 3.05) is 13.7 Å². The third-order valence-corrected chi connectivity index (χ3v) is 4.52. The van der Waals surface area contributed by atoms with Gasteiger partial charge >= 0.3 is 5.69 Å². The summed E-state index contributed by atoms with van der Waals surface area (Å²) in [4.78, 5) is 42.5. The number of nitro benzene ring substituents is 1. The number of aryl methyl sites for hydroxylation is 2. The molecule has 0 saturated carbocycles. The first-order chi connectivity index (χ1) is 13.4. The van der Waals surface area contributed by atoms with Crippen LogP contribution in [0.3, 0.4) is 0 Å². The molecule has 0 unspecified atom stereocenters. The number of nitro groups is 1. The third-order valence-electron chi connectivity index (χ3n) is 4.52. The number of hydrogen-bond donors (Lipinski definition) is 1. The predicted octanol–water partition coefficient (Wildman–Crippen LogP) is 1.83. The number of ether oxygens (including phenoxy) is 1. The second kappa shape index (κ2) is 7.77. The lowest BCUT2D eigenvalue weighted by Gasteiger charge is -2.09. The number of hydrogen-bond acceptors (Lipinski definition) is 6. The molecule has 0 radical (unpaired) electrons. The number of aromatic nitrogens is 4. The average Bonchev–Trinajstić information content (AvgIpc) is 3.03. The maximum Gasteiger partial charge on any atom is 0.330 e. The highest BCUT2D eigenvalue weighted by Gasteiger charge is 2.21. The van der Waals surface area contributed by atoms with Gasteiger partial charge in [-0.1, -0.05) is 19.1 Å². The smallest absolute Gasteiger partial charge is 0.330 e. The molecule has 3 aromatic rings. The van der Waals surface area contributed by atoms with Crippen LogP contribution in [0.15, 0.2) is 27.8 Å². The molecule has 1 N–H and O–H groups in total. The van der Waals surface area contributed by atoms with E-state index in [1.807, 2.05) is 6.92 Å². The summed E-state index contributed by atoms with van der Waals surface area (Å²) in [7, 11) is 1.53. The first-order valence-corrected chi connectivity index (χ1v) is 8.86. The molecule has 148 valence electrons. The second-order valence-corrected chi connectivity index (χ2v) is 6.42. The fraction of sp³-hybridized carbons (Fsp3) is 0.389. The van der Waals surface area contributed by atoms with Crippen LogP contribution in [0.1, 0.15) is 18.9 Å². The Morgan fingerprint density at radius 1 is 1.25 bits per heavy atom. The maximum absolute atomic E-state index is 12.5. The average molecular weight is 387 g/mol. The Balaban J connectivity index is 2.36. The first kappa shape index (κ1) is 19.5. The molecule has 0 aliphatic heterocycles. The van der Waals surface area contributed by atoms with Crippen molar-refractivity contribution in [2.24, 2.45) is 0 Å². The SMILES string of the molecule is CCCn1c(=O)[nH]c(=O)c2c1nc(-c1ccc(C)c([N+](=O)[O-])c1)n2CCOC. The summed E-state index contributed by atoms with van der Waals surface area (Å²) in [6.45, 7) is 4.56. The number of fused-ring (bicyclic) bond motifs is 1. The standard InChI is InChI=1S/C18H21N5O5/c1-4-7-22-16-14(17(24)20-18(22)25)21(8-9-28-3)15(19-16)12-6-5-11(2)13(10-12)23(26)27/h5-6,10H,4,7-9H2,1-3H3,(H,20,24,25). The molecule has 0 fully saturated rings. The zero-order valence-corrected chi connectivity index (χ0v) is 15.9. The van der Waals surface area contributed by atoms with Gasteiger partial charge in [0.2, 0.25) is 0 Å². The van der Waals surface area contributed by atoms with Gasteiger partial charge in [-0.15, -0.1) is 0 Å². The highest BCUT2D eigenvalue weighted by atomic mass is 16.6. The Kier molecular flexibility index (Phi) is 5.41. The zero-order valence-electron chi connectivity index (χ0n) is 15.9. The molecule has 1 aromatic carbocycles. The summed E-state index contributed by atoms with van der Waals surface area (Å²) >= 11 is 0. The van der Waals surface area contributed by atoms with E-state index in [4.69, 9.17) is 4.74 Å². The van der Waals surface area contributed by atoms with Crippen LogP contribution in [0.25, 0.3) is 22.6 Å². The van der Waals surface area contributed by atoms with Gasteiger partial charge in [0.1, 0.15) is 5.82 Å². The molecule has 0 saturated heterocycles. The monoisotopic (exact) mass is 387 g/mol. The van der Waals surface area contributed by atoms with Crippen molar-refractivity contribution in [3.05, 3.63) is 54.7 Å². The Labute approximate surface area is 159 Å². The number of rotatable bonds is 7. The number of aromatic amines is 1. The van der Waals surface area contributed by atoms with E-state index in [-0.39, 0.29) is 16.9 Å². The fourth-order valence-electron chi connectivity index (χ4n) is 3.17. The van der Waals surface area contributed by atoms with Crippen LogP contribution in [-0.4, -0.2) is 37.7 Å². The van der Waals surface area contributed by atoms with Crippen molar-refractivity contribution < 1.29 is 9.66 Å². The Hall–Kier alpha value is -3.27. The molecule has 10 nitrogen and oxygen atoms in total. The van der Waals surface area contributed by atoms with E-state index in [9.17, 15) is 19.7 Å². The molecule has 0 atom stereocenters. The Morgan fingerprint density at radius 3 is 2.64 bits per heavy atom. The van der Waals surface area contributed by atoms with Crippen molar-refractivity contribution >= 4 is 16.9 Å². The topological polar surface area (TPSA) is 125 Å². The highest BCUT2D eigenvalue weighted by molar-refractivity contribution is 5.77. The van der Waals surface area contributed by atoms with Crippen LogP contribution >= 0.6 is 0 Å². The van der Waals surface area contributed by atoms with Gasteiger partial charge in [-0.25, -0.2) is 9.78 Å². The van der Waals surface area contributed by atoms with Crippen LogP contribution in [-0.2, 0) is 17.8 Å². The highest BCUT2D eigenvalue weighted by Crippen LogP contribution is 2.28. The van der Waals surface area contributed by atoms with E-state index >= 15 is 0 Å². The van der Waals surface area contributed by atoms with Crippen LogP contribution in [0.2, 0.25) is 0 Å². The van der Waals surface area contributed by atoms with E-state index in [1.54, 1.807) is 23.6 Å². The number of nitrogens with one attached hydrogen (secondary N) is 1. The molecule has 0 spiro atoms. The lowest BCUT2D eigenvalue weighted by atomic mass is 10.1. The number of imidazole rings is 1. The van der Waals surface area contributed by atoms with Crippen molar-refractivity contribution in [2.45, 2.75) is 33.4 Å². The van der Waals surface area contributed by atoms with E-state index < -0.39 is 16.2 Å². The molecule has 10 heteroatoms. The second-order valence-electron chi connectivity index (χ2n) is 6.42. The lowest BCUT2D eigenvalue weighted by Crippen LogP contribution is -2.31. The van der Waals surface area contributed by atoms with Gasteiger partial charge in [-0.2, -0.15) is 0 Å². The lowest BCUT2D eigenvalue weighted by molar-refractivity contribution is -0.385. The van der Waals surface area contributed by atoms with Crippen molar-refractivity contribution in [1.29, 1.82) is 0 Å². The van der Waals surface area contributed by atoms with E-state index in [0.717, 1.165) is 0 Å². The minimum atomic E-state index is -0.552. The van der Waals surface area contributed by atoms with Gasteiger partial charge in [-0.05, 0) is 13.3 Å². The summed E-state index contributed by atoms with van der Waals surface area (Å²) in [5.74, 6) is 0.371. The fourth-order valence-corrected chi connectivity index (χ4v) is 3.17. The zero-order chi connectivity index (χ0) is 20.4. The molecule has 2 heterocycles. The van der Waals surface area contributed by atoms with Crippen molar-refractivity contribution in [1.82, 2.24) is 19.1 Å². The summed E-state index contributed by atoms with van der Waals surface area (Å²) in [6, 6.07) is 4.77. The molecule has 0 aliphatic carbocycles. The van der Waals surface area contributed by atoms with Gasteiger partial charge < -0.3 is 9.30 Å².